The van der Waals surface area contributed by atoms with Gasteiger partial charge in [-0.25, -0.2) is 8.78 Å². The Hall–Kier alpha value is -1.96. The standard InChI is InChI=1S/C14H14F2N2O/c15-11-4-2-5-12(16)10(11)7-14(19)18-13-6-1-3-9(13)8-17/h2,4-5,9,13H,1,3,6-7H2,(H,18,19). The van der Waals surface area contributed by atoms with Gasteiger partial charge in [-0.2, -0.15) is 5.26 Å². The third kappa shape index (κ3) is 3.08. The van der Waals surface area contributed by atoms with Crippen LogP contribution in [0.2, 0.25) is 0 Å². The lowest BCUT2D eigenvalue weighted by Crippen LogP contribution is -2.38. The molecule has 0 saturated heterocycles. The Balaban J connectivity index is 2.00. The van der Waals surface area contributed by atoms with Crippen LogP contribution in [0.3, 0.4) is 0 Å². The first-order chi connectivity index (χ1) is 9.11. The summed E-state index contributed by atoms with van der Waals surface area (Å²) in [6.07, 6.45) is 2.05. The van der Waals surface area contributed by atoms with E-state index in [-0.39, 0.29) is 23.9 Å². The van der Waals surface area contributed by atoms with E-state index >= 15 is 0 Å². The molecule has 2 unspecified atom stereocenters. The van der Waals surface area contributed by atoms with E-state index in [0.717, 1.165) is 31.4 Å². The molecule has 2 rings (SSSR count). The maximum absolute atomic E-state index is 13.4. The van der Waals surface area contributed by atoms with E-state index in [1.165, 1.54) is 6.07 Å². The summed E-state index contributed by atoms with van der Waals surface area (Å²) >= 11 is 0. The molecule has 1 aromatic carbocycles. The number of carbonyl (C=O) groups is 1. The molecule has 2 atom stereocenters. The normalized spacial score (nSPS) is 21.9. The number of amides is 1. The lowest BCUT2D eigenvalue weighted by Gasteiger charge is -2.15. The zero-order valence-electron chi connectivity index (χ0n) is 10.3. The molecule has 1 aliphatic rings. The molecule has 3 nitrogen and oxygen atoms in total. The van der Waals surface area contributed by atoms with Gasteiger partial charge in [-0.05, 0) is 31.4 Å². The highest BCUT2D eigenvalue weighted by Gasteiger charge is 2.28. The molecule has 0 heterocycles. The molecule has 5 heteroatoms. The molecule has 1 N–H and O–H groups in total. The number of nitrogens with one attached hydrogen (secondary N) is 1. The average molecular weight is 264 g/mol. The second kappa shape index (κ2) is 5.79. The van der Waals surface area contributed by atoms with Gasteiger partial charge < -0.3 is 5.32 Å². The number of benzene rings is 1. The van der Waals surface area contributed by atoms with Crippen LogP contribution in [0.15, 0.2) is 18.2 Å². The summed E-state index contributed by atoms with van der Waals surface area (Å²) in [4.78, 5) is 11.8. The fourth-order valence-corrected chi connectivity index (χ4v) is 2.41. The van der Waals surface area contributed by atoms with Crippen molar-refractivity contribution in [2.45, 2.75) is 31.7 Å². The van der Waals surface area contributed by atoms with Crippen molar-refractivity contribution >= 4 is 5.91 Å². The molecule has 0 aliphatic heterocycles. The zero-order chi connectivity index (χ0) is 13.8. The van der Waals surface area contributed by atoms with Crippen molar-refractivity contribution in [2.24, 2.45) is 5.92 Å². The zero-order valence-corrected chi connectivity index (χ0v) is 10.3. The molecule has 1 saturated carbocycles. The molecule has 1 amide bonds. The van der Waals surface area contributed by atoms with E-state index in [9.17, 15) is 13.6 Å². The minimum atomic E-state index is -0.724. The lowest BCUT2D eigenvalue weighted by molar-refractivity contribution is -0.121. The summed E-state index contributed by atoms with van der Waals surface area (Å²) in [5, 5.41) is 11.6. The Morgan fingerprint density at radius 1 is 1.37 bits per heavy atom. The Labute approximate surface area is 110 Å². The van der Waals surface area contributed by atoms with Crippen molar-refractivity contribution in [3.63, 3.8) is 0 Å². The first kappa shape index (κ1) is 13.5. The SMILES string of the molecule is N#CC1CCCC1NC(=O)Cc1c(F)cccc1F. The van der Waals surface area contributed by atoms with Gasteiger partial charge in [-0.3, -0.25) is 4.79 Å². The average Bonchev–Trinajstić information content (AvgIpc) is 2.81. The van der Waals surface area contributed by atoms with Crippen molar-refractivity contribution in [3.05, 3.63) is 35.4 Å². The van der Waals surface area contributed by atoms with Gasteiger partial charge in [0.25, 0.3) is 0 Å². The van der Waals surface area contributed by atoms with Crippen molar-refractivity contribution in [3.8, 4) is 6.07 Å². The van der Waals surface area contributed by atoms with Crippen molar-refractivity contribution in [1.82, 2.24) is 5.32 Å². The summed E-state index contributed by atoms with van der Waals surface area (Å²) in [7, 11) is 0. The van der Waals surface area contributed by atoms with Crippen LogP contribution < -0.4 is 5.32 Å². The number of nitrogens with zero attached hydrogens (tertiary/aromatic N) is 1. The van der Waals surface area contributed by atoms with Crippen molar-refractivity contribution < 1.29 is 13.6 Å². The van der Waals surface area contributed by atoms with Crippen LogP contribution >= 0.6 is 0 Å². The van der Waals surface area contributed by atoms with E-state index < -0.39 is 17.5 Å². The third-order valence-electron chi connectivity index (χ3n) is 3.43. The van der Waals surface area contributed by atoms with E-state index in [4.69, 9.17) is 5.26 Å². The van der Waals surface area contributed by atoms with Crippen LogP contribution in [0.25, 0.3) is 0 Å². The summed E-state index contributed by atoms with van der Waals surface area (Å²) in [5.41, 5.74) is -0.230. The number of carbonyl (C=O) groups excluding carboxylic acids is 1. The lowest BCUT2D eigenvalue weighted by atomic mass is 10.0. The first-order valence-corrected chi connectivity index (χ1v) is 6.23. The topological polar surface area (TPSA) is 52.9 Å². The second-order valence-corrected chi connectivity index (χ2v) is 4.72. The first-order valence-electron chi connectivity index (χ1n) is 6.23. The Morgan fingerprint density at radius 3 is 2.68 bits per heavy atom. The number of hydrogen-bond acceptors (Lipinski definition) is 2. The number of halogens is 2. The highest BCUT2D eigenvalue weighted by atomic mass is 19.1. The molecule has 0 bridgehead atoms. The van der Waals surface area contributed by atoms with E-state index in [2.05, 4.69) is 11.4 Å². The van der Waals surface area contributed by atoms with Gasteiger partial charge >= 0.3 is 0 Å². The van der Waals surface area contributed by atoms with Gasteiger partial charge in [0.15, 0.2) is 0 Å². The minimum absolute atomic E-state index is 0.200. The summed E-state index contributed by atoms with van der Waals surface area (Å²) in [5.74, 6) is -2.10. The number of nitriles is 1. The highest BCUT2D eigenvalue weighted by Crippen LogP contribution is 2.25. The number of hydrogen-bond donors (Lipinski definition) is 1. The smallest absolute Gasteiger partial charge is 0.224 e. The molecule has 19 heavy (non-hydrogen) atoms. The van der Waals surface area contributed by atoms with Gasteiger partial charge in [0.1, 0.15) is 11.6 Å². The number of rotatable bonds is 3. The highest BCUT2D eigenvalue weighted by molar-refractivity contribution is 5.79. The third-order valence-corrected chi connectivity index (χ3v) is 3.43. The summed E-state index contributed by atoms with van der Waals surface area (Å²) < 4.78 is 26.8. The predicted octanol–water partition coefficient (Wildman–Crippen LogP) is 2.32. The molecular formula is C14H14F2N2O. The molecule has 0 spiro atoms. The summed E-state index contributed by atoms with van der Waals surface area (Å²) in [6.45, 7) is 0. The van der Waals surface area contributed by atoms with Crippen LogP contribution in [-0.4, -0.2) is 11.9 Å². The van der Waals surface area contributed by atoms with Crippen LogP contribution in [-0.2, 0) is 11.2 Å². The van der Waals surface area contributed by atoms with Gasteiger partial charge in [0, 0.05) is 11.6 Å². The van der Waals surface area contributed by atoms with E-state index in [1.54, 1.807) is 0 Å². The van der Waals surface area contributed by atoms with Crippen LogP contribution in [0.1, 0.15) is 24.8 Å². The molecular weight excluding hydrogens is 250 g/mol. The molecule has 100 valence electrons. The molecule has 0 aromatic heterocycles. The Bertz CT molecular complexity index is 504. The van der Waals surface area contributed by atoms with Crippen LogP contribution in [0.4, 0.5) is 8.78 Å². The Kier molecular flexibility index (Phi) is 4.10. The Morgan fingerprint density at radius 2 is 2.05 bits per heavy atom. The largest absolute Gasteiger partial charge is 0.352 e. The molecule has 1 fully saturated rings. The maximum Gasteiger partial charge on any atom is 0.224 e. The van der Waals surface area contributed by atoms with Gasteiger partial charge in [0.2, 0.25) is 5.91 Å². The van der Waals surface area contributed by atoms with Crippen molar-refractivity contribution in [1.29, 1.82) is 5.26 Å². The minimum Gasteiger partial charge on any atom is -0.352 e. The van der Waals surface area contributed by atoms with E-state index in [1.807, 2.05) is 0 Å². The van der Waals surface area contributed by atoms with Gasteiger partial charge in [-0.15, -0.1) is 0 Å². The van der Waals surface area contributed by atoms with Crippen LogP contribution in [0.5, 0.6) is 0 Å². The fraction of sp³-hybridized carbons (Fsp3) is 0.429. The van der Waals surface area contributed by atoms with Crippen LogP contribution in [0, 0.1) is 28.9 Å². The van der Waals surface area contributed by atoms with E-state index in [0.29, 0.717) is 0 Å². The van der Waals surface area contributed by atoms with Gasteiger partial charge in [-0.1, -0.05) is 6.07 Å². The molecule has 1 aromatic rings. The monoisotopic (exact) mass is 264 g/mol. The quantitative estimate of drug-likeness (QED) is 0.910. The summed E-state index contributed by atoms with van der Waals surface area (Å²) in [6, 6.07) is 5.45. The molecule has 0 radical (unpaired) electrons. The predicted molar refractivity (Wildman–Crippen MR) is 64.9 cm³/mol. The second-order valence-electron chi connectivity index (χ2n) is 4.72. The maximum atomic E-state index is 13.4. The van der Waals surface area contributed by atoms with Crippen molar-refractivity contribution in [2.75, 3.05) is 0 Å². The van der Waals surface area contributed by atoms with Gasteiger partial charge in [0.05, 0.1) is 18.4 Å². The fourth-order valence-electron chi connectivity index (χ4n) is 2.41. The molecule has 1 aliphatic carbocycles.